The molecule has 2 aromatic carbocycles. The minimum absolute atomic E-state index is 0.472. The fourth-order valence-electron chi connectivity index (χ4n) is 0.684. The summed E-state index contributed by atoms with van der Waals surface area (Å²) in [6, 6.07) is 25.0. The van der Waals surface area contributed by atoms with Crippen molar-refractivity contribution in [1.82, 2.24) is 0 Å². The Hall–Kier alpha value is -0.292. The molecule has 0 aliphatic heterocycles. The molecule has 0 saturated carbocycles. The predicted octanol–water partition coefficient (Wildman–Crippen LogP) is 4.35. The SMILES string of the molecule is [Cl][Pt+2][Cl].[c-]1ccccc1.[c-]1ccccc1. The molecule has 0 amide bonds. The second-order valence-corrected chi connectivity index (χ2v) is 5.48. The first-order valence-electron chi connectivity index (χ1n) is 4.06. The van der Waals surface area contributed by atoms with Gasteiger partial charge in [0.2, 0.25) is 0 Å². The van der Waals surface area contributed by atoms with Crippen molar-refractivity contribution in [2.45, 2.75) is 0 Å². The molecule has 0 aliphatic rings. The molecule has 0 unspecified atom stereocenters. The average molecular weight is 420 g/mol. The zero-order chi connectivity index (χ0) is 11.2. The van der Waals surface area contributed by atoms with Gasteiger partial charge in [0.15, 0.2) is 0 Å². The topological polar surface area (TPSA) is 0 Å². The molecule has 0 heterocycles. The van der Waals surface area contributed by atoms with Gasteiger partial charge in [-0.05, 0) is 0 Å². The van der Waals surface area contributed by atoms with Crippen LogP contribution in [0.15, 0.2) is 60.7 Å². The van der Waals surface area contributed by atoms with E-state index in [2.05, 4.69) is 12.1 Å². The fraction of sp³-hybridized carbons (Fsp3) is 0. The van der Waals surface area contributed by atoms with E-state index in [1.165, 1.54) is 0 Å². The van der Waals surface area contributed by atoms with E-state index in [9.17, 15) is 0 Å². The zero-order valence-corrected chi connectivity index (χ0v) is 11.6. The van der Waals surface area contributed by atoms with Crippen LogP contribution in [0.3, 0.4) is 0 Å². The van der Waals surface area contributed by atoms with Crippen molar-refractivity contribution < 1.29 is 16.5 Å². The smallest absolute Gasteiger partial charge is 0.171 e. The van der Waals surface area contributed by atoms with Crippen LogP contribution in [0.25, 0.3) is 0 Å². The van der Waals surface area contributed by atoms with Gasteiger partial charge in [0.05, 0.1) is 0 Å². The molecule has 0 N–H and O–H groups in total. The van der Waals surface area contributed by atoms with Crippen molar-refractivity contribution in [1.29, 1.82) is 0 Å². The molecule has 2 aromatic rings. The molecular weight excluding hydrogens is 410 g/mol. The maximum atomic E-state index is 4.88. The summed E-state index contributed by atoms with van der Waals surface area (Å²) in [5.41, 5.74) is 0. The minimum Gasteiger partial charge on any atom is -0.184 e. The zero-order valence-electron chi connectivity index (χ0n) is 7.85. The van der Waals surface area contributed by atoms with Crippen LogP contribution >= 0.6 is 18.8 Å². The van der Waals surface area contributed by atoms with Crippen molar-refractivity contribution in [2.75, 3.05) is 0 Å². The van der Waals surface area contributed by atoms with Crippen LogP contribution in [0.4, 0.5) is 0 Å². The Labute approximate surface area is 108 Å². The van der Waals surface area contributed by atoms with Crippen molar-refractivity contribution in [2.24, 2.45) is 0 Å². The van der Waals surface area contributed by atoms with Crippen LogP contribution in [0.1, 0.15) is 0 Å². The third-order valence-corrected chi connectivity index (χ3v) is 1.21. The Morgan fingerprint density at radius 3 is 0.933 bits per heavy atom. The van der Waals surface area contributed by atoms with E-state index in [1.54, 1.807) is 0 Å². The molecule has 3 heteroatoms. The summed E-state index contributed by atoms with van der Waals surface area (Å²) in [4.78, 5) is 0. The molecule has 0 bridgehead atoms. The average Bonchev–Trinajstić information content (AvgIpc) is 2.35. The van der Waals surface area contributed by atoms with Crippen molar-refractivity contribution in [3.8, 4) is 0 Å². The molecular formula is C12H10Cl2Pt. The summed E-state index contributed by atoms with van der Waals surface area (Å²) in [7, 11) is 9.75. The molecule has 0 spiro atoms. The van der Waals surface area contributed by atoms with E-state index < -0.39 is 16.5 Å². The van der Waals surface area contributed by atoms with E-state index in [1.807, 2.05) is 60.7 Å². The third kappa shape index (κ3) is 13.7. The van der Waals surface area contributed by atoms with Crippen LogP contribution in [0, 0.1) is 12.1 Å². The van der Waals surface area contributed by atoms with Crippen molar-refractivity contribution >= 4 is 18.8 Å². The fourth-order valence-corrected chi connectivity index (χ4v) is 0.684. The number of halogens is 2. The summed E-state index contributed by atoms with van der Waals surface area (Å²) >= 11 is -0.472. The molecule has 0 atom stereocenters. The van der Waals surface area contributed by atoms with Crippen LogP contribution in [0.2, 0.25) is 0 Å². The summed E-state index contributed by atoms with van der Waals surface area (Å²) in [5, 5.41) is 0. The van der Waals surface area contributed by atoms with Gasteiger partial charge < -0.3 is 0 Å². The quantitative estimate of drug-likeness (QED) is 0.557. The monoisotopic (exact) mass is 419 g/mol. The number of benzene rings is 2. The molecule has 0 aromatic heterocycles. The summed E-state index contributed by atoms with van der Waals surface area (Å²) in [5.74, 6) is 0. The van der Waals surface area contributed by atoms with Gasteiger partial charge in [-0.25, -0.2) is 0 Å². The van der Waals surface area contributed by atoms with Gasteiger partial charge in [0.1, 0.15) is 0 Å². The normalized spacial score (nSPS) is 7.87. The summed E-state index contributed by atoms with van der Waals surface area (Å²) in [6.45, 7) is 0. The molecule has 2 rings (SSSR count). The van der Waals surface area contributed by atoms with Crippen molar-refractivity contribution in [3.05, 3.63) is 72.8 Å². The molecule has 15 heavy (non-hydrogen) atoms. The van der Waals surface area contributed by atoms with Crippen molar-refractivity contribution in [3.63, 3.8) is 0 Å². The van der Waals surface area contributed by atoms with Gasteiger partial charge >= 0.3 is 35.3 Å². The van der Waals surface area contributed by atoms with Crippen LogP contribution in [0.5, 0.6) is 0 Å². The molecule has 0 aliphatic carbocycles. The predicted molar refractivity (Wildman–Crippen MR) is 62.3 cm³/mol. The molecule has 0 nitrogen and oxygen atoms in total. The summed E-state index contributed by atoms with van der Waals surface area (Å²) in [6.07, 6.45) is 0. The minimum atomic E-state index is -0.472. The first-order valence-corrected chi connectivity index (χ1v) is 9.69. The van der Waals surface area contributed by atoms with Gasteiger partial charge in [-0.1, -0.05) is 0 Å². The number of hydrogen-bond donors (Lipinski definition) is 0. The van der Waals surface area contributed by atoms with E-state index in [-0.39, 0.29) is 0 Å². The maximum Gasteiger partial charge on any atom is -0.171 e. The van der Waals surface area contributed by atoms with Gasteiger partial charge in [-0.2, -0.15) is 72.8 Å². The Morgan fingerprint density at radius 1 is 0.600 bits per heavy atom. The maximum absolute atomic E-state index is 4.88. The first-order chi connectivity index (χ1) is 7.41. The number of hydrogen-bond acceptors (Lipinski definition) is 0. The third-order valence-electron chi connectivity index (χ3n) is 1.21. The van der Waals surface area contributed by atoms with Crippen LogP contribution in [-0.2, 0) is 16.5 Å². The Balaban J connectivity index is 0.000000210. The van der Waals surface area contributed by atoms with Gasteiger partial charge in [-0.3, -0.25) is 0 Å². The molecule has 0 fully saturated rings. The summed E-state index contributed by atoms with van der Waals surface area (Å²) < 4.78 is 0. The van der Waals surface area contributed by atoms with Gasteiger partial charge in [0, 0.05) is 0 Å². The van der Waals surface area contributed by atoms with E-state index >= 15 is 0 Å². The van der Waals surface area contributed by atoms with Gasteiger partial charge in [0.25, 0.3) is 0 Å². The Bertz CT molecular complexity index is 202. The van der Waals surface area contributed by atoms with E-state index in [4.69, 9.17) is 18.8 Å². The number of rotatable bonds is 0. The van der Waals surface area contributed by atoms with Crippen LogP contribution in [-0.4, -0.2) is 0 Å². The standard InChI is InChI=1S/2C6H5.2ClH.Pt/c2*1-2-4-6-5-3-1;;;/h2*1-5H;2*1H;/q2*-1;;;+4/p-2. The van der Waals surface area contributed by atoms with Crippen LogP contribution < -0.4 is 0 Å². The Kier molecular flexibility index (Phi) is 13.4. The second kappa shape index (κ2) is 13.7. The van der Waals surface area contributed by atoms with Gasteiger partial charge in [-0.15, -0.1) is 0 Å². The van der Waals surface area contributed by atoms with E-state index in [0.717, 1.165) is 0 Å². The first kappa shape index (κ1) is 14.7. The molecule has 0 saturated heterocycles. The largest absolute Gasteiger partial charge is 0.184 e. The molecule has 0 radical (unpaired) electrons. The van der Waals surface area contributed by atoms with E-state index in [0.29, 0.717) is 0 Å². The Morgan fingerprint density at radius 2 is 0.867 bits per heavy atom. The second-order valence-electron chi connectivity index (χ2n) is 2.20. The molecule has 82 valence electrons.